The molecule has 1 heterocycles. The molecule has 0 aliphatic rings. The third-order valence-corrected chi connectivity index (χ3v) is 4.35. The lowest BCUT2D eigenvalue weighted by atomic mass is 10.0. The fourth-order valence-corrected chi connectivity index (χ4v) is 2.93. The van der Waals surface area contributed by atoms with Gasteiger partial charge in [-0.1, -0.05) is 36.4 Å². The molecule has 3 aromatic rings. The molecule has 0 atom stereocenters. The predicted octanol–water partition coefficient (Wildman–Crippen LogP) is 3.69. The zero-order chi connectivity index (χ0) is 16.2. The van der Waals surface area contributed by atoms with Crippen LogP contribution in [0.25, 0.3) is 10.8 Å². The van der Waals surface area contributed by atoms with E-state index < -0.39 is 0 Å². The summed E-state index contributed by atoms with van der Waals surface area (Å²) < 4.78 is 0. The van der Waals surface area contributed by atoms with E-state index in [0.29, 0.717) is 0 Å². The highest BCUT2D eigenvalue weighted by Crippen LogP contribution is 2.16. The maximum Gasteiger partial charge on any atom is 0.246 e. The SMILES string of the molecule is C/C(=N/NC(=O)Cc1csc(C)n1)c1ccc2ccccc2c1. The van der Waals surface area contributed by atoms with Crippen molar-refractivity contribution in [2.24, 2.45) is 5.10 Å². The van der Waals surface area contributed by atoms with Crippen molar-refractivity contribution in [2.75, 3.05) is 0 Å². The lowest BCUT2D eigenvalue weighted by molar-refractivity contribution is -0.120. The number of thiazole rings is 1. The molecule has 0 saturated heterocycles. The van der Waals surface area contributed by atoms with Gasteiger partial charge in [0.2, 0.25) is 5.91 Å². The average Bonchev–Trinajstić information content (AvgIpc) is 2.97. The number of amides is 1. The van der Waals surface area contributed by atoms with E-state index in [1.54, 1.807) is 11.3 Å². The predicted molar refractivity (Wildman–Crippen MR) is 94.9 cm³/mol. The molecule has 3 rings (SSSR count). The highest BCUT2D eigenvalue weighted by atomic mass is 32.1. The Balaban J connectivity index is 1.69. The molecule has 2 aromatic carbocycles. The van der Waals surface area contributed by atoms with E-state index >= 15 is 0 Å². The smallest absolute Gasteiger partial charge is 0.246 e. The van der Waals surface area contributed by atoms with Crippen LogP contribution in [0.3, 0.4) is 0 Å². The summed E-state index contributed by atoms with van der Waals surface area (Å²) in [6, 6.07) is 14.3. The summed E-state index contributed by atoms with van der Waals surface area (Å²) in [6.45, 7) is 3.81. The number of hydrazone groups is 1. The molecule has 5 heteroatoms. The molecule has 0 fully saturated rings. The summed E-state index contributed by atoms with van der Waals surface area (Å²) in [7, 11) is 0. The van der Waals surface area contributed by atoms with Gasteiger partial charge in [-0.15, -0.1) is 11.3 Å². The molecule has 4 nitrogen and oxygen atoms in total. The second kappa shape index (κ2) is 6.71. The second-order valence-electron chi connectivity index (χ2n) is 5.33. The second-order valence-corrected chi connectivity index (χ2v) is 6.39. The molecule has 0 aliphatic heterocycles. The Bertz CT molecular complexity index is 883. The van der Waals surface area contributed by atoms with Crippen molar-refractivity contribution in [1.29, 1.82) is 0 Å². The van der Waals surface area contributed by atoms with Gasteiger partial charge in [-0.05, 0) is 36.2 Å². The zero-order valence-corrected chi connectivity index (χ0v) is 13.9. The van der Waals surface area contributed by atoms with Gasteiger partial charge >= 0.3 is 0 Å². The zero-order valence-electron chi connectivity index (χ0n) is 13.0. The number of nitrogens with one attached hydrogen (secondary N) is 1. The van der Waals surface area contributed by atoms with Crippen LogP contribution in [-0.2, 0) is 11.2 Å². The number of carbonyl (C=O) groups excluding carboxylic acids is 1. The summed E-state index contributed by atoms with van der Waals surface area (Å²) in [5, 5.41) is 9.40. The van der Waals surface area contributed by atoms with Gasteiger partial charge in [-0.2, -0.15) is 5.10 Å². The summed E-state index contributed by atoms with van der Waals surface area (Å²) >= 11 is 1.54. The van der Waals surface area contributed by atoms with Crippen molar-refractivity contribution >= 4 is 33.7 Å². The number of hydrogen-bond donors (Lipinski definition) is 1. The molecule has 0 aliphatic carbocycles. The van der Waals surface area contributed by atoms with E-state index in [9.17, 15) is 4.79 Å². The molecule has 1 amide bonds. The Morgan fingerprint density at radius 2 is 2.00 bits per heavy atom. The van der Waals surface area contributed by atoms with Gasteiger partial charge in [0.15, 0.2) is 0 Å². The first-order chi connectivity index (χ1) is 11.1. The van der Waals surface area contributed by atoms with Gasteiger partial charge in [-0.25, -0.2) is 10.4 Å². The number of aryl methyl sites for hydroxylation is 1. The van der Waals surface area contributed by atoms with Gasteiger partial charge in [0.1, 0.15) is 0 Å². The largest absolute Gasteiger partial charge is 0.273 e. The van der Waals surface area contributed by atoms with Crippen molar-refractivity contribution in [3.05, 3.63) is 64.1 Å². The van der Waals surface area contributed by atoms with E-state index in [-0.39, 0.29) is 12.3 Å². The number of hydrogen-bond acceptors (Lipinski definition) is 4. The van der Waals surface area contributed by atoms with E-state index in [4.69, 9.17) is 0 Å². The Labute approximate surface area is 138 Å². The number of aromatic nitrogens is 1. The number of carbonyl (C=O) groups is 1. The normalized spacial score (nSPS) is 11.7. The van der Waals surface area contributed by atoms with Crippen molar-refractivity contribution in [3.8, 4) is 0 Å². The molecule has 116 valence electrons. The van der Waals surface area contributed by atoms with E-state index in [1.165, 1.54) is 5.39 Å². The maximum absolute atomic E-state index is 11.9. The fourth-order valence-electron chi connectivity index (χ4n) is 2.32. The van der Waals surface area contributed by atoms with Crippen LogP contribution in [0, 0.1) is 6.92 Å². The standard InChI is InChI=1S/C18H17N3OS/c1-12(15-8-7-14-5-3-4-6-16(14)9-15)20-21-18(22)10-17-11-23-13(2)19-17/h3-9,11H,10H2,1-2H3,(H,21,22)/b20-12-. The number of benzene rings is 2. The highest BCUT2D eigenvalue weighted by Gasteiger charge is 2.06. The Morgan fingerprint density at radius 3 is 2.74 bits per heavy atom. The Morgan fingerprint density at radius 1 is 1.22 bits per heavy atom. The molecular weight excluding hydrogens is 306 g/mol. The van der Waals surface area contributed by atoms with Crippen LogP contribution in [0.5, 0.6) is 0 Å². The van der Waals surface area contributed by atoms with Crippen LogP contribution in [0.2, 0.25) is 0 Å². The highest BCUT2D eigenvalue weighted by molar-refractivity contribution is 7.09. The Hall–Kier alpha value is -2.53. The van der Waals surface area contributed by atoms with E-state index in [0.717, 1.165) is 27.4 Å². The summed E-state index contributed by atoms with van der Waals surface area (Å²) in [5.74, 6) is -0.157. The quantitative estimate of drug-likeness (QED) is 0.588. The molecule has 0 unspecified atom stereocenters. The minimum Gasteiger partial charge on any atom is -0.273 e. The molecule has 23 heavy (non-hydrogen) atoms. The molecule has 1 aromatic heterocycles. The summed E-state index contributed by atoms with van der Waals surface area (Å²) in [5.41, 5.74) is 5.15. The van der Waals surface area contributed by atoms with Crippen LogP contribution in [-0.4, -0.2) is 16.6 Å². The monoisotopic (exact) mass is 323 g/mol. The lowest BCUT2D eigenvalue weighted by Crippen LogP contribution is -2.21. The number of nitrogens with zero attached hydrogens (tertiary/aromatic N) is 2. The molecule has 0 spiro atoms. The minimum atomic E-state index is -0.157. The van der Waals surface area contributed by atoms with Gasteiger partial charge in [0, 0.05) is 5.38 Å². The first kappa shape index (κ1) is 15.4. The van der Waals surface area contributed by atoms with E-state index in [2.05, 4.69) is 39.8 Å². The Kier molecular flexibility index (Phi) is 4.48. The molecule has 0 radical (unpaired) electrons. The first-order valence-electron chi connectivity index (χ1n) is 7.35. The van der Waals surface area contributed by atoms with Crippen LogP contribution in [0.1, 0.15) is 23.2 Å². The van der Waals surface area contributed by atoms with Gasteiger partial charge in [0.25, 0.3) is 0 Å². The van der Waals surface area contributed by atoms with Crippen LogP contribution in [0.4, 0.5) is 0 Å². The van der Waals surface area contributed by atoms with Crippen molar-refractivity contribution < 1.29 is 4.79 Å². The lowest BCUT2D eigenvalue weighted by Gasteiger charge is -2.04. The fraction of sp³-hybridized carbons (Fsp3) is 0.167. The number of fused-ring (bicyclic) bond motifs is 1. The summed E-state index contributed by atoms with van der Waals surface area (Å²) in [6.07, 6.45) is 0.249. The topological polar surface area (TPSA) is 54.4 Å². The third kappa shape index (κ3) is 3.81. The third-order valence-electron chi connectivity index (χ3n) is 3.52. The van der Waals surface area contributed by atoms with Crippen LogP contribution >= 0.6 is 11.3 Å². The molecule has 0 saturated carbocycles. The number of rotatable bonds is 4. The maximum atomic E-state index is 11.9. The van der Waals surface area contributed by atoms with Crippen LogP contribution in [0.15, 0.2) is 52.9 Å². The van der Waals surface area contributed by atoms with Gasteiger partial charge in [-0.3, -0.25) is 4.79 Å². The average molecular weight is 323 g/mol. The molecule has 1 N–H and O–H groups in total. The van der Waals surface area contributed by atoms with Gasteiger partial charge < -0.3 is 0 Å². The van der Waals surface area contributed by atoms with Crippen LogP contribution < -0.4 is 5.43 Å². The van der Waals surface area contributed by atoms with Crippen molar-refractivity contribution in [1.82, 2.24) is 10.4 Å². The van der Waals surface area contributed by atoms with Crippen molar-refractivity contribution in [3.63, 3.8) is 0 Å². The summed E-state index contributed by atoms with van der Waals surface area (Å²) in [4.78, 5) is 16.2. The minimum absolute atomic E-state index is 0.157. The molecule has 0 bridgehead atoms. The molecular formula is C18H17N3OS. The first-order valence-corrected chi connectivity index (χ1v) is 8.23. The van der Waals surface area contributed by atoms with Crippen molar-refractivity contribution in [2.45, 2.75) is 20.3 Å². The van der Waals surface area contributed by atoms with Gasteiger partial charge in [0.05, 0.1) is 22.8 Å². The van der Waals surface area contributed by atoms with E-state index in [1.807, 2.05) is 37.4 Å².